The lowest BCUT2D eigenvalue weighted by Gasteiger charge is -2.21. The van der Waals surface area contributed by atoms with E-state index in [4.69, 9.17) is 21.7 Å². The predicted octanol–water partition coefficient (Wildman–Crippen LogP) is 5.27. The average Bonchev–Trinajstić information content (AvgIpc) is 2.86. The van der Waals surface area contributed by atoms with E-state index in [1.807, 2.05) is 37.3 Å². The van der Waals surface area contributed by atoms with Crippen molar-refractivity contribution in [2.45, 2.75) is 6.92 Å². The van der Waals surface area contributed by atoms with Crippen molar-refractivity contribution in [1.29, 1.82) is 0 Å². The number of benzene rings is 3. The molecule has 0 aliphatic heterocycles. The normalized spacial score (nSPS) is 10.4. The van der Waals surface area contributed by atoms with Crippen LogP contribution in [0.1, 0.15) is 27.6 Å². The lowest BCUT2D eigenvalue weighted by molar-refractivity contribution is 0.0966. The molecule has 35 heavy (non-hydrogen) atoms. The largest absolute Gasteiger partial charge is 0.490 e. The Kier molecular flexibility index (Phi) is 9.77. The van der Waals surface area contributed by atoms with Crippen LogP contribution < -0.4 is 20.3 Å². The number of nitrogens with zero attached hydrogens (tertiary/aromatic N) is 1. The van der Waals surface area contributed by atoms with Gasteiger partial charge in [-0.3, -0.25) is 14.9 Å². The molecule has 0 atom stereocenters. The zero-order valence-electron chi connectivity index (χ0n) is 19.4. The quantitative estimate of drug-likeness (QED) is 0.276. The third-order valence-electron chi connectivity index (χ3n) is 4.95. The highest BCUT2D eigenvalue weighted by molar-refractivity contribution is 9.10. The molecule has 3 rings (SSSR count). The summed E-state index contributed by atoms with van der Waals surface area (Å²) in [6.07, 6.45) is 0. The molecule has 9 heteroatoms. The number of anilines is 2. The number of halogens is 1. The van der Waals surface area contributed by atoms with E-state index in [0.717, 1.165) is 10.2 Å². The van der Waals surface area contributed by atoms with Gasteiger partial charge in [0.2, 0.25) is 0 Å². The molecule has 0 saturated heterocycles. The zero-order valence-corrected chi connectivity index (χ0v) is 21.8. The Labute approximate surface area is 218 Å². The average molecular weight is 556 g/mol. The number of rotatable bonds is 9. The maximum Gasteiger partial charge on any atom is 0.261 e. The van der Waals surface area contributed by atoms with Crippen molar-refractivity contribution in [3.05, 3.63) is 88.4 Å². The molecule has 2 amide bonds. The number of methoxy groups -OCH3 is 1. The Morgan fingerprint density at radius 2 is 1.77 bits per heavy atom. The number of amides is 2. The molecule has 2 N–H and O–H groups in total. The van der Waals surface area contributed by atoms with Crippen LogP contribution >= 0.6 is 28.1 Å². The molecule has 0 aliphatic rings. The molecule has 3 aromatic carbocycles. The van der Waals surface area contributed by atoms with E-state index in [1.165, 1.54) is 0 Å². The van der Waals surface area contributed by atoms with Crippen molar-refractivity contribution in [2.24, 2.45) is 0 Å². The molecule has 0 aliphatic carbocycles. The predicted molar refractivity (Wildman–Crippen MR) is 145 cm³/mol. The first kappa shape index (κ1) is 26.3. The van der Waals surface area contributed by atoms with Crippen molar-refractivity contribution in [1.82, 2.24) is 5.32 Å². The summed E-state index contributed by atoms with van der Waals surface area (Å²) in [6, 6.07) is 21.6. The minimum Gasteiger partial charge on any atom is -0.490 e. The highest BCUT2D eigenvalue weighted by atomic mass is 79.9. The lowest BCUT2D eigenvalue weighted by atomic mass is 10.1. The number of nitrogens with one attached hydrogen (secondary N) is 2. The number of para-hydroxylation sites is 1. The van der Waals surface area contributed by atoms with Crippen LogP contribution in [0.3, 0.4) is 0 Å². The SMILES string of the molecule is CCN(C(=O)c1cccc(NC(=S)NC(=O)c2cc(Br)ccc2OCCOC)c1)c1ccccc1. The third kappa shape index (κ3) is 7.35. The second kappa shape index (κ2) is 13.0. The number of carbonyl (C=O) groups excluding carboxylic acids is 2. The van der Waals surface area contributed by atoms with Gasteiger partial charge in [-0.25, -0.2) is 0 Å². The zero-order chi connectivity index (χ0) is 25.2. The van der Waals surface area contributed by atoms with Gasteiger partial charge in [0.25, 0.3) is 11.8 Å². The highest BCUT2D eigenvalue weighted by Gasteiger charge is 2.18. The molecular weight excluding hydrogens is 530 g/mol. The Morgan fingerprint density at radius 1 is 1.00 bits per heavy atom. The van der Waals surface area contributed by atoms with Crippen molar-refractivity contribution in [3.63, 3.8) is 0 Å². The van der Waals surface area contributed by atoms with Gasteiger partial charge in [0.15, 0.2) is 5.11 Å². The fourth-order valence-corrected chi connectivity index (χ4v) is 3.88. The third-order valence-corrected chi connectivity index (χ3v) is 5.65. The number of ether oxygens (including phenoxy) is 2. The number of hydrogen-bond donors (Lipinski definition) is 2. The van der Waals surface area contributed by atoms with E-state index in [9.17, 15) is 9.59 Å². The van der Waals surface area contributed by atoms with Gasteiger partial charge in [-0.05, 0) is 67.7 Å². The summed E-state index contributed by atoms with van der Waals surface area (Å²) in [5.41, 5.74) is 2.22. The molecule has 0 saturated carbocycles. The molecule has 0 spiro atoms. The Balaban J connectivity index is 1.69. The first-order valence-electron chi connectivity index (χ1n) is 10.9. The van der Waals surface area contributed by atoms with Crippen molar-refractivity contribution in [2.75, 3.05) is 37.1 Å². The van der Waals surface area contributed by atoms with Crippen LogP contribution in [0.4, 0.5) is 11.4 Å². The van der Waals surface area contributed by atoms with Gasteiger partial charge in [0, 0.05) is 35.1 Å². The lowest BCUT2D eigenvalue weighted by Crippen LogP contribution is -2.34. The van der Waals surface area contributed by atoms with Crippen LogP contribution in [0.2, 0.25) is 0 Å². The monoisotopic (exact) mass is 555 g/mol. The van der Waals surface area contributed by atoms with Crippen molar-refractivity contribution >= 4 is 56.4 Å². The topological polar surface area (TPSA) is 79.9 Å². The summed E-state index contributed by atoms with van der Waals surface area (Å²) in [4.78, 5) is 27.7. The second-order valence-electron chi connectivity index (χ2n) is 7.36. The second-order valence-corrected chi connectivity index (χ2v) is 8.68. The van der Waals surface area contributed by atoms with Crippen LogP contribution in [0.25, 0.3) is 0 Å². The molecule has 0 aromatic heterocycles. The maximum absolute atomic E-state index is 13.1. The molecule has 3 aromatic rings. The van der Waals surface area contributed by atoms with Crippen molar-refractivity contribution < 1.29 is 19.1 Å². The molecule has 0 heterocycles. The van der Waals surface area contributed by atoms with E-state index < -0.39 is 5.91 Å². The standard InChI is InChI=1S/C26H26BrN3O4S/c1-3-30(21-10-5-4-6-11-21)25(32)18-8-7-9-20(16-18)28-26(35)29-24(31)22-17-19(27)12-13-23(22)34-15-14-33-2/h4-13,16-17H,3,14-15H2,1-2H3,(H2,28,29,31,35). The van der Waals surface area contributed by atoms with Crippen LogP contribution in [0, 0.1) is 0 Å². The van der Waals surface area contributed by atoms with Crippen LogP contribution in [0.5, 0.6) is 5.75 Å². The van der Waals surface area contributed by atoms with Gasteiger partial charge in [-0.2, -0.15) is 0 Å². The Hall–Kier alpha value is -3.27. The first-order chi connectivity index (χ1) is 16.9. The number of hydrogen-bond acceptors (Lipinski definition) is 5. The van der Waals surface area contributed by atoms with E-state index in [2.05, 4.69) is 26.6 Å². The fraction of sp³-hybridized carbons (Fsp3) is 0.192. The maximum atomic E-state index is 13.1. The molecule has 182 valence electrons. The fourth-order valence-electron chi connectivity index (χ4n) is 3.31. The van der Waals surface area contributed by atoms with Gasteiger partial charge in [-0.1, -0.05) is 40.2 Å². The van der Waals surface area contributed by atoms with E-state index in [1.54, 1.807) is 54.5 Å². The van der Waals surface area contributed by atoms with Gasteiger partial charge >= 0.3 is 0 Å². The minimum absolute atomic E-state index is 0.0952. The van der Waals surface area contributed by atoms with E-state index in [-0.39, 0.29) is 11.0 Å². The van der Waals surface area contributed by atoms with Gasteiger partial charge < -0.3 is 19.7 Å². The van der Waals surface area contributed by atoms with Crippen LogP contribution in [0.15, 0.2) is 77.3 Å². The Bertz CT molecular complexity index is 1190. The number of carbonyl (C=O) groups is 2. The van der Waals surface area contributed by atoms with Crippen LogP contribution in [-0.2, 0) is 4.74 Å². The van der Waals surface area contributed by atoms with E-state index in [0.29, 0.717) is 42.3 Å². The van der Waals surface area contributed by atoms with Crippen molar-refractivity contribution in [3.8, 4) is 5.75 Å². The van der Waals surface area contributed by atoms with Crippen LogP contribution in [-0.4, -0.2) is 43.8 Å². The summed E-state index contributed by atoms with van der Waals surface area (Å²) in [6.45, 7) is 3.15. The van der Waals surface area contributed by atoms with Gasteiger partial charge in [-0.15, -0.1) is 0 Å². The minimum atomic E-state index is -0.426. The van der Waals surface area contributed by atoms with E-state index >= 15 is 0 Å². The Morgan fingerprint density at radius 3 is 2.49 bits per heavy atom. The first-order valence-corrected chi connectivity index (χ1v) is 12.1. The summed E-state index contributed by atoms with van der Waals surface area (Å²) >= 11 is 8.72. The molecule has 0 unspecified atom stereocenters. The highest BCUT2D eigenvalue weighted by Crippen LogP contribution is 2.24. The molecular formula is C26H26BrN3O4S. The summed E-state index contributed by atoms with van der Waals surface area (Å²) < 4.78 is 11.4. The summed E-state index contributed by atoms with van der Waals surface area (Å²) in [7, 11) is 1.58. The smallest absolute Gasteiger partial charge is 0.261 e. The summed E-state index contributed by atoms with van der Waals surface area (Å²) in [5.74, 6) is -0.146. The van der Waals surface area contributed by atoms with Gasteiger partial charge in [0.05, 0.1) is 12.2 Å². The number of thiocarbonyl (C=S) groups is 1. The molecule has 0 fully saturated rings. The molecule has 7 nitrogen and oxygen atoms in total. The molecule has 0 radical (unpaired) electrons. The summed E-state index contributed by atoms with van der Waals surface area (Å²) in [5, 5.41) is 5.74. The molecule has 0 bridgehead atoms. The van der Waals surface area contributed by atoms with Gasteiger partial charge in [0.1, 0.15) is 12.4 Å².